The van der Waals surface area contributed by atoms with Crippen molar-refractivity contribution in [3.63, 3.8) is 0 Å². The van der Waals surface area contributed by atoms with E-state index in [1.54, 1.807) is 30.3 Å². The number of nitrogens with two attached hydrogens (primary N) is 1. The molecule has 34 heavy (non-hydrogen) atoms. The maximum Gasteiger partial charge on any atom is 0.417 e. The Bertz CT molecular complexity index is 1400. The quantitative estimate of drug-likeness (QED) is 0.398. The van der Waals surface area contributed by atoms with E-state index in [1.807, 2.05) is 0 Å². The van der Waals surface area contributed by atoms with Crippen molar-refractivity contribution < 1.29 is 30.7 Å². The van der Waals surface area contributed by atoms with Gasteiger partial charge in [0.15, 0.2) is 5.76 Å². The Morgan fingerprint density at radius 3 is 2.18 bits per heavy atom. The van der Waals surface area contributed by atoms with Crippen LogP contribution < -0.4 is 10.5 Å². The summed E-state index contributed by atoms with van der Waals surface area (Å²) in [5.41, 5.74) is 5.39. The number of sulfone groups is 1. The number of benzene rings is 3. The fourth-order valence-electron chi connectivity index (χ4n) is 3.41. The molecule has 0 amide bonds. The lowest BCUT2D eigenvalue weighted by Gasteiger charge is -2.12. The van der Waals surface area contributed by atoms with Crippen molar-refractivity contribution in [2.24, 2.45) is 5.73 Å². The predicted molar refractivity (Wildman–Crippen MR) is 118 cm³/mol. The number of halogens is 3. The van der Waals surface area contributed by atoms with Gasteiger partial charge in [-0.25, -0.2) is 8.42 Å². The van der Waals surface area contributed by atoms with E-state index < -0.39 is 44.1 Å². The molecule has 0 fully saturated rings. The van der Waals surface area contributed by atoms with E-state index in [0.29, 0.717) is 11.3 Å². The first-order valence-corrected chi connectivity index (χ1v) is 11.5. The summed E-state index contributed by atoms with van der Waals surface area (Å²) in [6.07, 6.45) is -4.71. The number of alkyl halides is 3. The first-order chi connectivity index (χ1) is 16.1. The maximum atomic E-state index is 13.6. The minimum absolute atomic E-state index is 0.0952. The van der Waals surface area contributed by atoms with Gasteiger partial charge in [0.05, 0.1) is 23.6 Å². The number of ether oxygens (including phenoxy) is 1. The molecule has 0 bridgehead atoms. The highest BCUT2D eigenvalue weighted by atomic mass is 32.2. The Hall–Kier alpha value is -3.63. The number of aromatic nitrogens is 1. The number of hydrogen-bond acceptors (Lipinski definition) is 6. The van der Waals surface area contributed by atoms with Gasteiger partial charge in [-0.15, -0.1) is 0 Å². The van der Waals surface area contributed by atoms with Crippen LogP contribution in [-0.4, -0.2) is 20.5 Å². The predicted octanol–water partition coefficient (Wildman–Crippen LogP) is 5.25. The number of hydrogen-bond donors (Lipinski definition) is 1. The van der Waals surface area contributed by atoms with Crippen LogP contribution in [0.4, 0.5) is 13.2 Å². The highest BCUT2D eigenvalue weighted by Crippen LogP contribution is 2.40. The van der Waals surface area contributed by atoms with Crippen LogP contribution in [0.5, 0.6) is 5.75 Å². The van der Waals surface area contributed by atoms with E-state index in [4.69, 9.17) is 14.9 Å². The van der Waals surface area contributed by atoms with Gasteiger partial charge in [0, 0.05) is 5.56 Å². The van der Waals surface area contributed by atoms with Crippen LogP contribution in [0.25, 0.3) is 11.5 Å². The smallest absolute Gasteiger partial charge is 0.417 e. The molecule has 6 nitrogen and oxygen atoms in total. The zero-order chi connectivity index (χ0) is 24.5. The highest BCUT2D eigenvalue weighted by molar-refractivity contribution is 7.91. The van der Waals surface area contributed by atoms with Gasteiger partial charge < -0.3 is 14.9 Å². The third-order valence-corrected chi connectivity index (χ3v) is 6.84. The summed E-state index contributed by atoms with van der Waals surface area (Å²) in [6.45, 7) is 0. The minimum Gasteiger partial charge on any atom is -0.497 e. The molecule has 176 valence electrons. The zero-order valence-corrected chi connectivity index (χ0v) is 18.6. The van der Waals surface area contributed by atoms with E-state index in [1.165, 1.54) is 43.5 Å². The molecular formula is C24H19F3N2O4S. The van der Waals surface area contributed by atoms with Crippen molar-refractivity contribution in [1.82, 2.24) is 4.98 Å². The van der Waals surface area contributed by atoms with Crippen LogP contribution in [0.2, 0.25) is 0 Å². The molecule has 0 radical (unpaired) electrons. The Morgan fingerprint density at radius 1 is 0.941 bits per heavy atom. The molecule has 1 unspecified atom stereocenters. The standard InChI is InChI=1S/C24H19F3N2O4S/c1-32-16-13-11-15(12-14-16)20(28)21-23(34(30,31)17-7-3-2-4-8-17)29-22(33-21)18-9-5-6-10-19(18)24(25,26)27/h2-14,20H,28H2,1H3. The molecule has 10 heteroatoms. The van der Waals surface area contributed by atoms with Gasteiger partial charge in [-0.1, -0.05) is 42.5 Å². The third-order valence-electron chi connectivity index (χ3n) is 5.15. The van der Waals surface area contributed by atoms with E-state index in [-0.39, 0.29) is 10.7 Å². The SMILES string of the molecule is COc1ccc(C(N)c2oc(-c3ccccc3C(F)(F)F)nc2S(=O)(=O)c2ccccc2)cc1. The topological polar surface area (TPSA) is 95.4 Å². The summed E-state index contributed by atoms with van der Waals surface area (Å²) >= 11 is 0. The molecule has 0 aliphatic rings. The van der Waals surface area contributed by atoms with E-state index in [9.17, 15) is 21.6 Å². The Morgan fingerprint density at radius 2 is 1.56 bits per heavy atom. The molecule has 4 rings (SSSR count). The molecule has 4 aromatic rings. The Balaban J connectivity index is 1.93. The summed E-state index contributed by atoms with van der Waals surface area (Å²) in [6, 6.07) is 17.4. The van der Waals surface area contributed by atoms with E-state index in [2.05, 4.69) is 4.98 Å². The van der Waals surface area contributed by atoms with E-state index in [0.717, 1.165) is 12.1 Å². The van der Waals surface area contributed by atoms with Crippen LogP contribution in [0, 0.1) is 0 Å². The average molecular weight is 488 g/mol. The average Bonchev–Trinajstić information content (AvgIpc) is 3.30. The Kier molecular flexibility index (Phi) is 6.20. The zero-order valence-electron chi connectivity index (χ0n) is 17.8. The largest absolute Gasteiger partial charge is 0.497 e. The van der Waals surface area contributed by atoms with Crippen LogP contribution in [-0.2, 0) is 16.0 Å². The lowest BCUT2D eigenvalue weighted by molar-refractivity contribution is -0.137. The van der Waals surface area contributed by atoms with Gasteiger partial charge >= 0.3 is 6.18 Å². The number of rotatable bonds is 6. The van der Waals surface area contributed by atoms with Gasteiger partial charge in [0.1, 0.15) is 5.75 Å². The number of oxazole rings is 1. The van der Waals surface area contributed by atoms with Gasteiger partial charge in [-0.05, 0) is 42.0 Å². The molecule has 2 N–H and O–H groups in total. The Labute approximate surface area is 193 Å². The van der Waals surface area contributed by atoms with Gasteiger partial charge in [-0.2, -0.15) is 18.2 Å². The molecule has 0 saturated heterocycles. The molecule has 0 aliphatic heterocycles. The van der Waals surface area contributed by atoms with Crippen LogP contribution >= 0.6 is 0 Å². The molecule has 1 aromatic heterocycles. The summed E-state index contributed by atoms with van der Waals surface area (Å²) in [4.78, 5) is 3.93. The van der Waals surface area contributed by atoms with Crippen molar-refractivity contribution >= 4 is 9.84 Å². The number of nitrogens with zero attached hydrogens (tertiary/aromatic N) is 1. The van der Waals surface area contributed by atoms with Crippen molar-refractivity contribution in [3.05, 3.63) is 95.7 Å². The molecule has 0 saturated carbocycles. The number of methoxy groups -OCH3 is 1. The molecule has 0 spiro atoms. The second-order valence-electron chi connectivity index (χ2n) is 7.30. The van der Waals surface area contributed by atoms with Gasteiger partial charge in [-0.3, -0.25) is 0 Å². The summed E-state index contributed by atoms with van der Waals surface area (Å²) in [5.74, 6) is -0.229. The first-order valence-electron chi connectivity index (χ1n) is 10.00. The van der Waals surface area contributed by atoms with Crippen molar-refractivity contribution in [2.75, 3.05) is 7.11 Å². The molecule has 1 heterocycles. The maximum absolute atomic E-state index is 13.6. The normalized spacial score (nSPS) is 13.0. The molecule has 0 aliphatic carbocycles. The summed E-state index contributed by atoms with van der Waals surface area (Å²) < 4.78 is 78.4. The second-order valence-corrected chi connectivity index (χ2v) is 9.16. The summed E-state index contributed by atoms with van der Waals surface area (Å²) in [5, 5.41) is -0.547. The lowest BCUT2D eigenvalue weighted by atomic mass is 10.1. The molecule has 3 aromatic carbocycles. The first kappa shape index (κ1) is 23.5. The van der Waals surface area contributed by atoms with Crippen LogP contribution in [0.1, 0.15) is 22.9 Å². The van der Waals surface area contributed by atoms with Crippen molar-refractivity contribution in [1.29, 1.82) is 0 Å². The van der Waals surface area contributed by atoms with Crippen molar-refractivity contribution in [3.8, 4) is 17.2 Å². The van der Waals surface area contributed by atoms with Gasteiger partial charge in [0.2, 0.25) is 20.8 Å². The third kappa shape index (κ3) is 4.42. The fourth-order valence-corrected chi connectivity index (χ4v) is 4.79. The lowest BCUT2D eigenvalue weighted by Crippen LogP contribution is -2.15. The molecular weight excluding hydrogens is 469 g/mol. The second kappa shape index (κ2) is 8.96. The highest BCUT2D eigenvalue weighted by Gasteiger charge is 2.37. The van der Waals surface area contributed by atoms with E-state index >= 15 is 0 Å². The van der Waals surface area contributed by atoms with Crippen molar-refractivity contribution in [2.45, 2.75) is 22.1 Å². The monoisotopic (exact) mass is 488 g/mol. The van der Waals surface area contributed by atoms with Gasteiger partial charge in [0.25, 0.3) is 0 Å². The van der Waals surface area contributed by atoms with Crippen LogP contribution in [0.3, 0.4) is 0 Å². The van der Waals surface area contributed by atoms with Crippen LogP contribution in [0.15, 0.2) is 93.2 Å². The minimum atomic E-state index is -4.71. The molecule has 1 atom stereocenters. The fraction of sp³-hybridized carbons (Fsp3) is 0.125. The summed E-state index contributed by atoms with van der Waals surface area (Å²) in [7, 11) is -2.78.